The number of nitrogens with zero attached hydrogens (tertiary/aromatic N) is 2. The quantitative estimate of drug-likeness (QED) is 0.742. The van der Waals surface area contributed by atoms with Crippen LogP contribution in [0.3, 0.4) is 0 Å². The van der Waals surface area contributed by atoms with Gasteiger partial charge in [0.05, 0.1) is 6.20 Å². The fraction of sp³-hybridized carbons (Fsp3) is 0.375. The van der Waals surface area contributed by atoms with E-state index in [-0.39, 0.29) is 0 Å². The van der Waals surface area contributed by atoms with Crippen molar-refractivity contribution in [3.05, 3.63) is 53.1 Å². The van der Waals surface area contributed by atoms with Gasteiger partial charge in [0.2, 0.25) is 0 Å². The van der Waals surface area contributed by atoms with Gasteiger partial charge in [-0.15, -0.1) is 0 Å². The Morgan fingerprint density at radius 3 is 2.63 bits per heavy atom. The van der Waals surface area contributed by atoms with Gasteiger partial charge in [-0.05, 0) is 18.9 Å². The molecule has 0 unspecified atom stereocenters. The van der Waals surface area contributed by atoms with Crippen molar-refractivity contribution in [1.29, 1.82) is 0 Å². The Morgan fingerprint density at radius 2 is 2.00 bits per heavy atom. The van der Waals surface area contributed by atoms with Gasteiger partial charge in [0.15, 0.2) is 6.29 Å². The molecular formula is C16H20N2O. The molecule has 19 heavy (non-hydrogen) atoms. The molecule has 0 fully saturated rings. The van der Waals surface area contributed by atoms with Gasteiger partial charge in [-0.2, -0.15) is 0 Å². The topological polar surface area (TPSA) is 34.9 Å². The van der Waals surface area contributed by atoms with E-state index in [1.165, 1.54) is 11.1 Å². The van der Waals surface area contributed by atoms with Crippen LogP contribution in [0.5, 0.6) is 0 Å². The van der Waals surface area contributed by atoms with Crippen molar-refractivity contribution in [2.24, 2.45) is 0 Å². The predicted octanol–water partition coefficient (Wildman–Crippen LogP) is 3.39. The lowest BCUT2D eigenvalue weighted by Gasteiger charge is -2.10. The average Bonchev–Trinajstić information content (AvgIpc) is 2.81. The highest BCUT2D eigenvalue weighted by Gasteiger charge is 2.09. The molecule has 0 spiro atoms. The van der Waals surface area contributed by atoms with E-state index in [0.29, 0.717) is 12.2 Å². The van der Waals surface area contributed by atoms with Crippen LogP contribution in [0.2, 0.25) is 0 Å². The van der Waals surface area contributed by atoms with Gasteiger partial charge in [-0.1, -0.05) is 43.2 Å². The number of hydrogen-bond donors (Lipinski definition) is 0. The largest absolute Gasteiger partial charge is 0.321 e. The number of carbonyl (C=O) groups excluding carboxylic acids is 1. The first-order valence-corrected chi connectivity index (χ1v) is 6.79. The fourth-order valence-corrected chi connectivity index (χ4v) is 2.12. The minimum absolute atomic E-state index is 0.659. The van der Waals surface area contributed by atoms with E-state index in [1.807, 2.05) is 4.57 Å². The highest BCUT2D eigenvalue weighted by Crippen LogP contribution is 2.12. The second kappa shape index (κ2) is 6.32. The van der Waals surface area contributed by atoms with Crippen molar-refractivity contribution in [1.82, 2.24) is 9.55 Å². The third kappa shape index (κ3) is 3.31. The van der Waals surface area contributed by atoms with Crippen LogP contribution in [0.4, 0.5) is 0 Å². The molecule has 3 heteroatoms. The summed E-state index contributed by atoms with van der Waals surface area (Å²) < 4.78 is 2.02. The molecule has 0 atom stereocenters. The van der Waals surface area contributed by atoms with Crippen molar-refractivity contribution in [3.8, 4) is 0 Å². The number of aryl methyl sites for hydroxylation is 2. The molecule has 0 saturated carbocycles. The summed E-state index contributed by atoms with van der Waals surface area (Å²) in [7, 11) is 0. The minimum atomic E-state index is 0.659. The van der Waals surface area contributed by atoms with Gasteiger partial charge < -0.3 is 4.57 Å². The monoisotopic (exact) mass is 256 g/mol. The van der Waals surface area contributed by atoms with Gasteiger partial charge in [-0.3, -0.25) is 4.79 Å². The Kier molecular flexibility index (Phi) is 4.50. The molecule has 0 aliphatic heterocycles. The smallest absolute Gasteiger partial charge is 0.168 e. The molecule has 0 N–H and O–H groups in total. The first-order valence-electron chi connectivity index (χ1n) is 6.79. The van der Waals surface area contributed by atoms with Crippen molar-refractivity contribution in [2.75, 3.05) is 0 Å². The zero-order valence-corrected chi connectivity index (χ0v) is 11.6. The van der Waals surface area contributed by atoms with E-state index in [4.69, 9.17) is 0 Å². The lowest BCUT2D eigenvalue weighted by Crippen LogP contribution is -2.08. The van der Waals surface area contributed by atoms with E-state index in [1.54, 1.807) is 6.20 Å². The number of rotatable bonds is 6. The maximum Gasteiger partial charge on any atom is 0.168 e. The van der Waals surface area contributed by atoms with Crippen LogP contribution in [0.1, 0.15) is 47.2 Å². The summed E-state index contributed by atoms with van der Waals surface area (Å²) in [4.78, 5) is 15.5. The summed E-state index contributed by atoms with van der Waals surface area (Å²) in [5.74, 6) is 1.00. The Morgan fingerprint density at radius 1 is 1.26 bits per heavy atom. The molecule has 1 heterocycles. The van der Waals surface area contributed by atoms with Gasteiger partial charge in [-0.25, -0.2) is 4.98 Å². The molecule has 0 aliphatic carbocycles. The molecule has 0 aliphatic rings. The standard InChI is InChI=1S/C16H20N2O/c1-3-4-5-16-17-10-15(12-19)18(16)11-14-8-6-13(2)7-9-14/h6-10,12H,3-5,11H2,1-2H3. The molecule has 1 aromatic heterocycles. The first-order chi connectivity index (χ1) is 9.24. The summed E-state index contributed by atoms with van der Waals surface area (Å²) >= 11 is 0. The molecule has 3 nitrogen and oxygen atoms in total. The number of benzene rings is 1. The zero-order valence-electron chi connectivity index (χ0n) is 11.6. The summed E-state index contributed by atoms with van der Waals surface area (Å²) in [5.41, 5.74) is 3.10. The maximum absolute atomic E-state index is 11.1. The highest BCUT2D eigenvalue weighted by atomic mass is 16.1. The highest BCUT2D eigenvalue weighted by molar-refractivity contribution is 5.71. The second-order valence-corrected chi connectivity index (χ2v) is 4.89. The van der Waals surface area contributed by atoms with E-state index < -0.39 is 0 Å². The molecule has 2 rings (SSSR count). The summed E-state index contributed by atoms with van der Waals surface area (Å²) in [6, 6.07) is 8.40. The Bertz CT molecular complexity index is 540. The molecule has 2 aromatic rings. The van der Waals surface area contributed by atoms with Crippen LogP contribution >= 0.6 is 0 Å². The number of aromatic nitrogens is 2. The van der Waals surface area contributed by atoms with Gasteiger partial charge >= 0.3 is 0 Å². The summed E-state index contributed by atoms with van der Waals surface area (Å²) in [6.45, 7) is 4.95. The van der Waals surface area contributed by atoms with E-state index in [0.717, 1.165) is 31.4 Å². The van der Waals surface area contributed by atoms with Crippen LogP contribution in [0.15, 0.2) is 30.5 Å². The molecule has 0 bridgehead atoms. The van der Waals surface area contributed by atoms with Crippen molar-refractivity contribution >= 4 is 6.29 Å². The molecule has 0 amide bonds. The molecule has 1 aromatic carbocycles. The Balaban J connectivity index is 2.23. The average molecular weight is 256 g/mol. The third-order valence-electron chi connectivity index (χ3n) is 3.31. The molecular weight excluding hydrogens is 236 g/mol. The number of carbonyl (C=O) groups is 1. The van der Waals surface area contributed by atoms with Crippen LogP contribution in [0.25, 0.3) is 0 Å². The minimum Gasteiger partial charge on any atom is -0.321 e. The molecule has 0 radical (unpaired) electrons. The predicted molar refractivity (Wildman–Crippen MR) is 76.5 cm³/mol. The molecule has 0 saturated heterocycles. The number of hydrogen-bond acceptors (Lipinski definition) is 2. The first kappa shape index (κ1) is 13.5. The van der Waals surface area contributed by atoms with Crippen LogP contribution < -0.4 is 0 Å². The lowest BCUT2D eigenvalue weighted by molar-refractivity contribution is 0.111. The van der Waals surface area contributed by atoms with E-state index in [9.17, 15) is 4.79 Å². The second-order valence-electron chi connectivity index (χ2n) is 4.89. The third-order valence-corrected chi connectivity index (χ3v) is 3.31. The van der Waals surface area contributed by atoms with Gasteiger partial charge in [0.25, 0.3) is 0 Å². The van der Waals surface area contributed by atoms with Crippen molar-refractivity contribution < 1.29 is 4.79 Å². The van der Waals surface area contributed by atoms with Crippen LogP contribution in [0, 0.1) is 6.92 Å². The number of aldehydes is 1. The number of unbranched alkanes of at least 4 members (excludes halogenated alkanes) is 1. The number of imidazole rings is 1. The van der Waals surface area contributed by atoms with E-state index >= 15 is 0 Å². The van der Waals surface area contributed by atoms with Crippen molar-refractivity contribution in [2.45, 2.75) is 39.7 Å². The summed E-state index contributed by atoms with van der Waals surface area (Å²) in [5, 5.41) is 0. The van der Waals surface area contributed by atoms with Crippen LogP contribution in [-0.2, 0) is 13.0 Å². The van der Waals surface area contributed by atoms with Crippen molar-refractivity contribution in [3.63, 3.8) is 0 Å². The zero-order chi connectivity index (χ0) is 13.7. The molecule has 100 valence electrons. The van der Waals surface area contributed by atoms with Gasteiger partial charge in [0, 0.05) is 13.0 Å². The maximum atomic E-state index is 11.1. The SMILES string of the molecule is CCCCc1ncc(C=O)n1Cc1ccc(C)cc1. The van der Waals surface area contributed by atoms with Crippen LogP contribution in [-0.4, -0.2) is 15.8 Å². The fourth-order valence-electron chi connectivity index (χ4n) is 2.12. The normalized spacial score (nSPS) is 10.6. The summed E-state index contributed by atoms with van der Waals surface area (Å²) in [6.07, 6.45) is 5.72. The lowest BCUT2D eigenvalue weighted by atomic mass is 10.1. The Labute approximate surface area is 114 Å². The van der Waals surface area contributed by atoms with E-state index in [2.05, 4.69) is 43.1 Å². The van der Waals surface area contributed by atoms with Gasteiger partial charge in [0.1, 0.15) is 11.5 Å². The Hall–Kier alpha value is -1.90.